The fourth-order valence-electron chi connectivity index (χ4n) is 2.20. The number of ketones is 1. The van der Waals surface area contributed by atoms with Crippen molar-refractivity contribution in [1.82, 2.24) is 4.90 Å². The van der Waals surface area contributed by atoms with Crippen LogP contribution in [-0.4, -0.2) is 53.7 Å². The van der Waals surface area contributed by atoms with Crippen LogP contribution in [0, 0.1) is 0 Å². The Balaban J connectivity index is 0.000000220. The SMILES string of the molecule is CSCC(=O)N1CCCCC1.CSCC(=O)c1ccccc1. The molecule has 1 fully saturated rings. The zero-order valence-electron chi connectivity index (χ0n) is 13.4. The van der Waals surface area contributed by atoms with Crippen molar-refractivity contribution in [3.63, 3.8) is 0 Å². The number of amides is 1. The minimum Gasteiger partial charge on any atom is -0.342 e. The summed E-state index contributed by atoms with van der Waals surface area (Å²) in [6.45, 7) is 1.97. The van der Waals surface area contributed by atoms with Gasteiger partial charge in [0, 0.05) is 18.7 Å². The quantitative estimate of drug-likeness (QED) is 0.768. The van der Waals surface area contributed by atoms with Crippen LogP contribution in [0.5, 0.6) is 0 Å². The van der Waals surface area contributed by atoms with Gasteiger partial charge < -0.3 is 4.90 Å². The van der Waals surface area contributed by atoms with E-state index in [4.69, 9.17) is 0 Å². The van der Waals surface area contributed by atoms with Gasteiger partial charge in [0.05, 0.1) is 11.5 Å². The number of likely N-dealkylation sites (tertiary alicyclic amines) is 1. The van der Waals surface area contributed by atoms with E-state index in [0.717, 1.165) is 18.7 Å². The molecule has 1 heterocycles. The van der Waals surface area contributed by atoms with Crippen LogP contribution < -0.4 is 0 Å². The molecule has 0 saturated carbocycles. The van der Waals surface area contributed by atoms with Crippen LogP contribution in [-0.2, 0) is 4.79 Å². The summed E-state index contributed by atoms with van der Waals surface area (Å²) in [5, 5.41) is 0. The summed E-state index contributed by atoms with van der Waals surface area (Å²) in [4.78, 5) is 24.5. The summed E-state index contributed by atoms with van der Waals surface area (Å²) in [6, 6.07) is 9.37. The molecule has 5 heteroatoms. The highest BCUT2D eigenvalue weighted by Gasteiger charge is 2.14. The number of piperidine rings is 1. The normalized spacial score (nSPS) is 14.0. The van der Waals surface area contributed by atoms with Crippen LogP contribution in [0.2, 0.25) is 0 Å². The highest BCUT2D eigenvalue weighted by atomic mass is 32.2. The highest BCUT2D eigenvalue weighted by Crippen LogP contribution is 2.09. The van der Waals surface area contributed by atoms with Crippen molar-refractivity contribution in [2.75, 3.05) is 37.1 Å². The molecule has 22 heavy (non-hydrogen) atoms. The van der Waals surface area contributed by atoms with E-state index >= 15 is 0 Å². The van der Waals surface area contributed by atoms with Gasteiger partial charge in [-0.05, 0) is 31.8 Å². The Bertz CT molecular complexity index is 445. The van der Waals surface area contributed by atoms with E-state index in [1.165, 1.54) is 19.3 Å². The number of rotatable bonds is 5. The number of nitrogens with zero attached hydrogens (tertiary/aromatic N) is 1. The van der Waals surface area contributed by atoms with Gasteiger partial charge in [-0.1, -0.05) is 30.3 Å². The standard InChI is InChI=1S/C9H10OS.C8H15NOS/c1-11-7-9(10)8-5-3-2-4-6-8;1-11-7-8(10)9-5-3-2-4-6-9/h2-6H,7H2,1H3;2-7H2,1H3. The molecule has 0 radical (unpaired) electrons. The molecule has 1 saturated heterocycles. The number of hydrogen-bond donors (Lipinski definition) is 0. The second kappa shape index (κ2) is 11.6. The summed E-state index contributed by atoms with van der Waals surface area (Å²) < 4.78 is 0. The van der Waals surface area contributed by atoms with Gasteiger partial charge in [0.15, 0.2) is 5.78 Å². The van der Waals surface area contributed by atoms with E-state index < -0.39 is 0 Å². The minimum atomic E-state index is 0.207. The number of thioether (sulfide) groups is 2. The van der Waals surface area contributed by atoms with Crippen LogP contribution in [0.4, 0.5) is 0 Å². The Hall–Kier alpha value is -0.940. The third kappa shape index (κ3) is 7.36. The van der Waals surface area contributed by atoms with E-state index in [1.807, 2.05) is 47.7 Å². The first-order chi connectivity index (χ1) is 10.7. The van der Waals surface area contributed by atoms with Crippen molar-refractivity contribution in [1.29, 1.82) is 0 Å². The lowest BCUT2D eigenvalue weighted by Crippen LogP contribution is -2.36. The fourth-order valence-corrected chi connectivity index (χ4v) is 3.05. The lowest BCUT2D eigenvalue weighted by atomic mass is 10.1. The van der Waals surface area contributed by atoms with Gasteiger partial charge in [-0.15, -0.1) is 0 Å². The average molecular weight is 340 g/mol. The maximum Gasteiger partial charge on any atom is 0.232 e. The van der Waals surface area contributed by atoms with Crippen LogP contribution in [0.25, 0.3) is 0 Å². The van der Waals surface area contributed by atoms with Crippen LogP contribution in [0.3, 0.4) is 0 Å². The molecule has 0 unspecified atom stereocenters. The summed E-state index contributed by atoms with van der Waals surface area (Å²) in [7, 11) is 0. The molecular weight excluding hydrogens is 314 g/mol. The monoisotopic (exact) mass is 339 g/mol. The molecule has 0 bridgehead atoms. The zero-order chi connectivity index (χ0) is 16.2. The maximum absolute atomic E-state index is 11.3. The van der Waals surface area contributed by atoms with Gasteiger partial charge in [-0.2, -0.15) is 23.5 Å². The van der Waals surface area contributed by atoms with Crippen molar-refractivity contribution >= 4 is 35.2 Å². The van der Waals surface area contributed by atoms with Gasteiger partial charge in [-0.25, -0.2) is 0 Å². The van der Waals surface area contributed by atoms with E-state index in [-0.39, 0.29) is 5.78 Å². The Kier molecular flexibility index (Phi) is 10.1. The Morgan fingerprint density at radius 1 is 0.955 bits per heavy atom. The first kappa shape index (κ1) is 19.1. The van der Waals surface area contributed by atoms with E-state index in [9.17, 15) is 9.59 Å². The molecule has 2 rings (SSSR count). The van der Waals surface area contributed by atoms with Crippen molar-refractivity contribution in [3.05, 3.63) is 35.9 Å². The minimum absolute atomic E-state index is 0.207. The topological polar surface area (TPSA) is 37.4 Å². The Labute approximate surface area is 142 Å². The first-order valence-corrected chi connectivity index (χ1v) is 10.3. The highest BCUT2D eigenvalue weighted by molar-refractivity contribution is 7.99. The summed E-state index contributed by atoms with van der Waals surface area (Å²) in [5.74, 6) is 1.75. The molecule has 1 aliphatic rings. The molecule has 122 valence electrons. The maximum atomic E-state index is 11.3. The third-order valence-corrected chi connectivity index (χ3v) is 4.43. The number of benzene rings is 1. The van der Waals surface area contributed by atoms with Crippen molar-refractivity contribution in [2.45, 2.75) is 19.3 Å². The third-order valence-electron chi connectivity index (χ3n) is 3.35. The number of Topliss-reactive ketones (excluding diaryl/α,β-unsaturated/α-hetero) is 1. The van der Waals surface area contributed by atoms with Crippen LogP contribution in [0.1, 0.15) is 29.6 Å². The molecule has 0 aliphatic carbocycles. The van der Waals surface area contributed by atoms with E-state index in [2.05, 4.69) is 0 Å². The fraction of sp³-hybridized carbons (Fsp3) is 0.529. The van der Waals surface area contributed by atoms with Gasteiger partial charge in [0.2, 0.25) is 5.91 Å². The molecule has 1 amide bonds. The molecule has 1 aliphatic heterocycles. The van der Waals surface area contributed by atoms with Crippen LogP contribution in [0.15, 0.2) is 30.3 Å². The molecule has 0 spiro atoms. The predicted molar refractivity (Wildman–Crippen MR) is 98.0 cm³/mol. The van der Waals surface area contributed by atoms with Gasteiger partial charge in [0.1, 0.15) is 0 Å². The van der Waals surface area contributed by atoms with Crippen molar-refractivity contribution in [3.8, 4) is 0 Å². The second-order valence-corrected chi connectivity index (χ2v) is 6.83. The smallest absolute Gasteiger partial charge is 0.232 e. The Morgan fingerprint density at radius 3 is 2.09 bits per heavy atom. The zero-order valence-corrected chi connectivity index (χ0v) is 15.0. The number of carbonyl (C=O) groups is 2. The Morgan fingerprint density at radius 2 is 1.55 bits per heavy atom. The average Bonchev–Trinajstić information content (AvgIpc) is 2.57. The van der Waals surface area contributed by atoms with E-state index in [0.29, 0.717) is 17.4 Å². The number of carbonyl (C=O) groups excluding carboxylic acids is 2. The number of hydrogen-bond acceptors (Lipinski definition) is 4. The summed E-state index contributed by atoms with van der Waals surface area (Å²) >= 11 is 3.17. The van der Waals surface area contributed by atoms with Gasteiger partial charge >= 0.3 is 0 Å². The van der Waals surface area contributed by atoms with Crippen LogP contribution >= 0.6 is 23.5 Å². The molecule has 1 aromatic rings. The molecule has 0 atom stereocenters. The van der Waals surface area contributed by atoms with Gasteiger partial charge in [-0.3, -0.25) is 9.59 Å². The first-order valence-electron chi connectivity index (χ1n) is 7.53. The predicted octanol–water partition coefficient (Wildman–Crippen LogP) is 3.59. The second-order valence-electron chi connectivity index (χ2n) is 5.10. The van der Waals surface area contributed by atoms with E-state index in [1.54, 1.807) is 23.5 Å². The lowest BCUT2D eigenvalue weighted by Gasteiger charge is -2.26. The molecule has 0 aromatic heterocycles. The lowest BCUT2D eigenvalue weighted by molar-refractivity contribution is -0.129. The van der Waals surface area contributed by atoms with Gasteiger partial charge in [0.25, 0.3) is 0 Å². The molecule has 1 aromatic carbocycles. The molecule has 3 nitrogen and oxygen atoms in total. The van der Waals surface area contributed by atoms with Crippen molar-refractivity contribution < 1.29 is 9.59 Å². The summed E-state index contributed by atoms with van der Waals surface area (Å²) in [6.07, 6.45) is 7.59. The van der Waals surface area contributed by atoms with Crippen molar-refractivity contribution in [2.24, 2.45) is 0 Å². The molecular formula is C17H25NO2S2. The largest absolute Gasteiger partial charge is 0.342 e. The summed E-state index contributed by atoms with van der Waals surface area (Å²) in [5.41, 5.74) is 0.807. The molecule has 0 N–H and O–H groups in total.